The van der Waals surface area contributed by atoms with Gasteiger partial charge in [0, 0.05) is 34.7 Å². The number of nitrogens with two attached hydrogens (primary N) is 1. The molecule has 5 heterocycles. The molecule has 0 unspecified atom stereocenters. The number of aromatic hydroxyl groups is 1. The quantitative estimate of drug-likeness (QED) is 0.214. The first-order valence-corrected chi connectivity index (χ1v) is 17.4. The van der Waals surface area contributed by atoms with Crippen LogP contribution in [0, 0.1) is 0 Å². The summed E-state index contributed by atoms with van der Waals surface area (Å²) in [6.45, 7) is 2.82. The fourth-order valence-electron chi connectivity index (χ4n) is 6.64. The number of amides is 1. The number of nitrogens with zero attached hydrogens (tertiary/aromatic N) is 7. The number of carbonyl (C=O) groups is 1. The first-order chi connectivity index (χ1) is 24.4. The second kappa shape index (κ2) is 13.3. The Kier molecular flexibility index (Phi) is 8.43. The molecule has 8 rings (SSSR count). The number of fused-ring (bicyclic) bond motifs is 3. The van der Waals surface area contributed by atoms with Crippen LogP contribution in [-0.4, -0.2) is 71.5 Å². The number of morpholine rings is 1. The molecule has 252 valence electrons. The van der Waals surface area contributed by atoms with Gasteiger partial charge in [-0.05, 0) is 66.3 Å². The van der Waals surface area contributed by atoms with Gasteiger partial charge in [0.15, 0.2) is 5.65 Å². The second-order valence-corrected chi connectivity index (χ2v) is 13.5. The topological polar surface area (TPSA) is 154 Å². The number of carbonyl (C=O) groups excluding carboxylic acids is 1. The maximum Gasteiger partial charge on any atom is 0.262 e. The van der Waals surface area contributed by atoms with Crippen molar-refractivity contribution in [1.82, 2.24) is 34.2 Å². The number of aromatic nitrogens is 6. The monoisotopic (exact) mass is 686 g/mol. The van der Waals surface area contributed by atoms with Gasteiger partial charge in [0.1, 0.15) is 36.0 Å². The summed E-state index contributed by atoms with van der Waals surface area (Å²) in [5, 5.41) is 17.0. The summed E-state index contributed by atoms with van der Waals surface area (Å²) in [6, 6.07) is 22.7. The van der Waals surface area contributed by atoms with Gasteiger partial charge in [-0.1, -0.05) is 30.3 Å². The van der Waals surface area contributed by atoms with E-state index in [0.717, 1.165) is 26.1 Å². The number of benzene rings is 3. The molecule has 0 aliphatic carbocycles. The van der Waals surface area contributed by atoms with Crippen LogP contribution in [0.4, 0.5) is 5.82 Å². The molecule has 0 atom stereocenters. The van der Waals surface area contributed by atoms with Crippen LogP contribution in [-0.2, 0) is 29.0 Å². The van der Waals surface area contributed by atoms with Crippen LogP contribution in [0.5, 0.6) is 5.75 Å². The van der Waals surface area contributed by atoms with Gasteiger partial charge in [-0.3, -0.25) is 14.2 Å². The lowest BCUT2D eigenvalue weighted by Crippen LogP contribution is -2.40. The highest BCUT2D eigenvalue weighted by atomic mass is 32.1. The summed E-state index contributed by atoms with van der Waals surface area (Å²) in [7, 11) is 0. The Morgan fingerprint density at radius 1 is 0.960 bits per heavy atom. The molecule has 4 aromatic heterocycles. The van der Waals surface area contributed by atoms with Gasteiger partial charge < -0.3 is 20.5 Å². The molecule has 0 bridgehead atoms. The van der Waals surface area contributed by atoms with Crippen molar-refractivity contribution in [2.75, 3.05) is 32.0 Å². The zero-order valence-electron chi connectivity index (χ0n) is 27.2. The summed E-state index contributed by atoms with van der Waals surface area (Å²) in [5.74, 6) is 1.03. The van der Waals surface area contributed by atoms with E-state index in [-0.39, 0.29) is 29.6 Å². The lowest BCUT2D eigenvalue weighted by molar-refractivity contribution is -0.135. The molecule has 1 fully saturated rings. The number of anilines is 1. The minimum Gasteiger partial charge on any atom is -0.508 e. The molecule has 0 spiro atoms. The van der Waals surface area contributed by atoms with Crippen LogP contribution in [0.2, 0.25) is 0 Å². The SMILES string of the molecule is Nc1ncnc2c1c(-c1ccc(O)cc1)nn2Cc1nc2cccc(CCCC(=O)N3CCOCC3)c2c(=O)n1Cc1cc2ccccc2s1. The van der Waals surface area contributed by atoms with Crippen molar-refractivity contribution in [3.8, 4) is 17.0 Å². The first kappa shape index (κ1) is 31.6. The molecule has 0 saturated carbocycles. The van der Waals surface area contributed by atoms with Gasteiger partial charge in [0.2, 0.25) is 5.91 Å². The van der Waals surface area contributed by atoms with Crippen molar-refractivity contribution in [3.63, 3.8) is 0 Å². The Morgan fingerprint density at radius 2 is 1.78 bits per heavy atom. The number of phenolic OH excluding ortho intramolecular Hbond substituents is 1. The Morgan fingerprint density at radius 3 is 2.60 bits per heavy atom. The number of ether oxygens (including phenoxy) is 1. The molecular weight excluding hydrogens is 653 g/mol. The normalized spacial score (nSPS) is 13.5. The molecule has 1 amide bonds. The van der Waals surface area contributed by atoms with Gasteiger partial charge in [0.05, 0.1) is 36.0 Å². The zero-order chi connectivity index (χ0) is 34.2. The number of nitrogen functional groups attached to an aromatic ring is 1. The largest absolute Gasteiger partial charge is 0.508 e. The van der Waals surface area contributed by atoms with Crippen LogP contribution >= 0.6 is 11.3 Å². The molecule has 0 radical (unpaired) electrons. The predicted molar refractivity (Wildman–Crippen MR) is 193 cm³/mol. The minimum atomic E-state index is -0.151. The van der Waals surface area contributed by atoms with Crippen molar-refractivity contribution in [3.05, 3.63) is 106 Å². The first-order valence-electron chi connectivity index (χ1n) is 16.5. The van der Waals surface area contributed by atoms with E-state index in [4.69, 9.17) is 20.6 Å². The van der Waals surface area contributed by atoms with Gasteiger partial charge in [-0.15, -0.1) is 11.3 Å². The molecular formula is C37H34N8O4S. The van der Waals surface area contributed by atoms with Gasteiger partial charge >= 0.3 is 0 Å². The van der Waals surface area contributed by atoms with Crippen molar-refractivity contribution in [2.45, 2.75) is 32.4 Å². The fourth-order valence-corrected chi connectivity index (χ4v) is 7.69. The van der Waals surface area contributed by atoms with E-state index in [9.17, 15) is 14.7 Å². The number of aryl methyl sites for hydroxylation is 1. The van der Waals surface area contributed by atoms with Gasteiger partial charge in [-0.2, -0.15) is 5.10 Å². The van der Waals surface area contributed by atoms with Crippen molar-refractivity contribution in [1.29, 1.82) is 0 Å². The summed E-state index contributed by atoms with van der Waals surface area (Å²) in [5.41, 5.74) is 9.46. The summed E-state index contributed by atoms with van der Waals surface area (Å²) in [6.07, 6.45) is 2.99. The summed E-state index contributed by atoms with van der Waals surface area (Å²) < 4.78 is 9.96. The van der Waals surface area contributed by atoms with Gasteiger partial charge in [-0.25, -0.2) is 19.6 Å². The van der Waals surface area contributed by atoms with E-state index in [1.807, 2.05) is 35.2 Å². The summed E-state index contributed by atoms with van der Waals surface area (Å²) >= 11 is 1.64. The molecule has 13 heteroatoms. The number of thiophene rings is 1. The average molecular weight is 687 g/mol. The molecule has 3 aromatic carbocycles. The third-order valence-corrected chi connectivity index (χ3v) is 10.2. The molecule has 50 heavy (non-hydrogen) atoms. The predicted octanol–water partition coefficient (Wildman–Crippen LogP) is 4.98. The van der Waals surface area contributed by atoms with Crippen LogP contribution in [0.1, 0.15) is 29.1 Å². The van der Waals surface area contributed by atoms with E-state index in [0.29, 0.717) is 85.6 Å². The van der Waals surface area contributed by atoms with E-state index in [1.54, 1.807) is 44.9 Å². The van der Waals surface area contributed by atoms with E-state index >= 15 is 0 Å². The Hall–Kier alpha value is -5.66. The third kappa shape index (κ3) is 6.05. The van der Waals surface area contributed by atoms with Crippen LogP contribution in [0.3, 0.4) is 0 Å². The lowest BCUT2D eigenvalue weighted by Gasteiger charge is -2.26. The molecule has 1 aliphatic rings. The molecule has 7 aromatic rings. The second-order valence-electron chi connectivity index (χ2n) is 12.3. The smallest absolute Gasteiger partial charge is 0.262 e. The van der Waals surface area contributed by atoms with E-state index in [2.05, 4.69) is 28.2 Å². The highest BCUT2D eigenvalue weighted by molar-refractivity contribution is 7.19. The summed E-state index contributed by atoms with van der Waals surface area (Å²) in [4.78, 5) is 44.2. The molecule has 1 aliphatic heterocycles. The standard InChI is InChI=1S/C37H34N8O4S/c38-35-33-34(24-11-13-26(46)14-12-24)42-45(36(33)40-22-39-35)21-30-41-28-8-3-6-23(7-4-10-31(47)43-15-17-49-18-16-43)32(28)37(48)44(30)20-27-19-25-5-1-2-9-29(25)50-27/h1-3,5-6,8-9,11-14,19,22,46H,4,7,10,15-18,20-21H2,(H2,38,39,40). The number of hydrogen-bond acceptors (Lipinski definition) is 10. The van der Waals surface area contributed by atoms with Gasteiger partial charge in [0.25, 0.3) is 5.56 Å². The Bertz CT molecular complexity index is 2400. The van der Waals surface area contributed by atoms with Crippen LogP contribution in [0.25, 0.3) is 43.3 Å². The molecule has 12 nitrogen and oxygen atoms in total. The van der Waals surface area contributed by atoms with Crippen molar-refractivity contribution in [2.24, 2.45) is 0 Å². The highest BCUT2D eigenvalue weighted by Crippen LogP contribution is 2.32. The highest BCUT2D eigenvalue weighted by Gasteiger charge is 2.22. The number of hydrogen-bond donors (Lipinski definition) is 2. The number of rotatable bonds is 9. The maximum atomic E-state index is 14.6. The number of phenols is 1. The van der Waals surface area contributed by atoms with E-state index < -0.39 is 0 Å². The van der Waals surface area contributed by atoms with Crippen LogP contribution < -0.4 is 11.3 Å². The third-order valence-electron chi connectivity index (χ3n) is 9.13. The zero-order valence-corrected chi connectivity index (χ0v) is 28.0. The fraction of sp³-hybridized carbons (Fsp3) is 0.243. The Balaban J connectivity index is 1.20. The lowest BCUT2D eigenvalue weighted by atomic mass is 10.0. The molecule has 3 N–H and O–H groups in total. The molecule has 1 saturated heterocycles. The maximum absolute atomic E-state index is 14.6. The minimum absolute atomic E-state index is 0.110. The average Bonchev–Trinajstić information content (AvgIpc) is 3.72. The van der Waals surface area contributed by atoms with Crippen molar-refractivity contribution < 1.29 is 14.6 Å². The van der Waals surface area contributed by atoms with Crippen molar-refractivity contribution >= 4 is 55.1 Å². The van der Waals surface area contributed by atoms with Crippen LogP contribution in [0.15, 0.2) is 83.9 Å². The van der Waals surface area contributed by atoms with E-state index in [1.165, 1.54) is 6.33 Å². The Labute approximate surface area is 290 Å².